The highest BCUT2D eigenvalue weighted by Crippen LogP contribution is 2.09. The molecule has 24 heavy (non-hydrogen) atoms. The Morgan fingerprint density at radius 3 is 2.46 bits per heavy atom. The summed E-state index contributed by atoms with van der Waals surface area (Å²) in [7, 11) is 0. The molecule has 0 radical (unpaired) electrons. The number of amides is 1. The molecule has 0 aliphatic carbocycles. The number of aliphatic imine (C=N–C) groups is 1. The van der Waals surface area contributed by atoms with Crippen LogP contribution in [0.5, 0.6) is 0 Å². The van der Waals surface area contributed by atoms with Gasteiger partial charge in [-0.1, -0.05) is 25.5 Å². The molecule has 1 aromatic rings. The quantitative estimate of drug-likeness (QED) is 0.386. The first-order valence-electron chi connectivity index (χ1n) is 8.62. The van der Waals surface area contributed by atoms with E-state index in [4.69, 9.17) is 10.8 Å². The number of carbonyl (C=O) groups is 1. The Morgan fingerprint density at radius 1 is 1.21 bits per heavy atom. The Hall–Kier alpha value is -2.08. The van der Waals surface area contributed by atoms with E-state index in [1.54, 1.807) is 12.1 Å². The fourth-order valence-corrected chi connectivity index (χ4v) is 2.47. The molecule has 5 N–H and O–H groups in total. The lowest BCUT2D eigenvalue weighted by molar-refractivity contribution is 0.100. The van der Waals surface area contributed by atoms with Crippen molar-refractivity contribution in [2.75, 3.05) is 19.7 Å². The van der Waals surface area contributed by atoms with Crippen LogP contribution in [0.1, 0.15) is 49.0 Å². The molecular weight excluding hydrogens is 304 g/mol. The van der Waals surface area contributed by atoms with Crippen LogP contribution in [-0.2, 0) is 6.54 Å². The number of hydrogen-bond donors (Lipinski definition) is 4. The molecule has 0 aromatic heterocycles. The van der Waals surface area contributed by atoms with Crippen LogP contribution in [0.3, 0.4) is 0 Å². The minimum Gasteiger partial charge on any atom is -0.396 e. The Labute approximate surface area is 144 Å². The summed E-state index contributed by atoms with van der Waals surface area (Å²) >= 11 is 0. The first-order chi connectivity index (χ1) is 11.6. The van der Waals surface area contributed by atoms with Gasteiger partial charge in [-0.15, -0.1) is 0 Å². The van der Waals surface area contributed by atoms with Gasteiger partial charge in [0.25, 0.3) is 0 Å². The molecule has 0 heterocycles. The second-order valence-corrected chi connectivity index (χ2v) is 5.80. The van der Waals surface area contributed by atoms with Gasteiger partial charge in [-0.2, -0.15) is 0 Å². The molecule has 1 atom stereocenters. The third-order valence-corrected chi connectivity index (χ3v) is 3.79. The monoisotopic (exact) mass is 334 g/mol. The predicted octanol–water partition coefficient (Wildman–Crippen LogP) is 1.64. The fraction of sp³-hybridized carbons (Fsp3) is 0.556. The molecule has 6 heteroatoms. The van der Waals surface area contributed by atoms with Gasteiger partial charge in [0.2, 0.25) is 5.91 Å². The van der Waals surface area contributed by atoms with Gasteiger partial charge >= 0.3 is 0 Å². The van der Waals surface area contributed by atoms with E-state index in [-0.39, 0.29) is 6.61 Å². The van der Waals surface area contributed by atoms with Crippen molar-refractivity contribution in [1.29, 1.82) is 0 Å². The topological polar surface area (TPSA) is 99.7 Å². The van der Waals surface area contributed by atoms with Crippen molar-refractivity contribution in [2.24, 2.45) is 16.6 Å². The van der Waals surface area contributed by atoms with E-state index in [9.17, 15) is 4.79 Å². The Balaban J connectivity index is 2.62. The highest BCUT2D eigenvalue weighted by molar-refractivity contribution is 5.92. The van der Waals surface area contributed by atoms with Gasteiger partial charge < -0.3 is 21.5 Å². The summed E-state index contributed by atoms with van der Waals surface area (Å²) in [5, 5.41) is 15.7. The van der Waals surface area contributed by atoms with E-state index >= 15 is 0 Å². The number of guanidine groups is 1. The largest absolute Gasteiger partial charge is 0.396 e. The molecule has 134 valence electrons. The lowest BCUT2D eigenvalue weighted by atomic mass is 10.0. The zero-order valence-corrected chi connectivity index (χ0v) is 14.7. The van der Waals surface area contributed by atoms with Crippen molar-refractivity contribution in [3.63, 3.8) is 0 Å². The fourth-order valence-electron chi connectivity index (χ4n) is 2.47. The second kappa shape index (κ2) is 11.5. The molecular formula is C18H30N4O2. The average molecular weight is 334 g/mol. The molecule has 0 fully saturated rings. The summed E-state index contributed by atoms with van der Waals surface area (Å²) in [6.45, 7) is 6.49. The Kier molecular flexibility index (Phi) is 9.53. The molecule has 1 rings (SSSR count). The third kappa shape index (κ3) is 7.46. The van der Waals surface area contributed by atoms with Crippen LogP contribution < -0.4 is 16.4 Å². The van der Waals surface area contributed by atoms with Crippen molar-refractivity contribution < 1.29 is 9.90 Å². The normalized spacial score (nSPS) is 12.7. The van der Waals surface area contributed by atoms with Crippen LogP contribution in [-0.4, -0.2) is 36.7 Å². The van der Waals surface area contributed by atoms with E-state index in [2.05, 4.69) is 22.5 Å². The number of hydrogen-bond acceptors (Lipinski definition) is 3. The van der Waals surface area contributed by atoms with E-state index in [0.29, 0.717) is 18.0 Å². The lowest BCUT2D eigenvalue weighted by Crippen LogP contribution is -2.40. The first-order valence-corrected chi connectivity index (χ1v) is 8.62. The minimum absolute atomic E-state index is 0.215. The number of primary amides is 1. The van der Waals surface area contributed by atoms with Crippen LogP contribution in [0.4, 0.5) is 0 Å². The van der Waals surface area contributed by atoms with Crippen LogP contribution in [0.25, 0.3) is 0 Å². The van der Waals surface area contributed by atoms with Crippen LogP contribution in [0, 0.1) is 5.92 Å². The predicted molar refractivity (Wildman–Crippen MR) is 97.9 cm³/mol. The molecule has 1 unspecified atom stereocenters. The molecule has 1 amide bonds. The van der Waals surface area contributed by atoms with Crippen LogP contribution in [0.15, 0.2) is 29.3 Å². The number of aliphatic hydroxyl groups is 1. The van der Waals surface area contributed by atoms with Gasteiger partial charge in [-0.3, -0.25) is 4.79 Å². The minimum atomic E-state index is -0.425. The number of carbonyl (C=O) groups excluding carboxylic acids is 1. The highest BCUT2D eigenvalue weighted by Gasteiger charge is 2.08. The standard InChI is InChI=1S/C18H30N4O2/c1-3-5-14(10-11-23)12-21-18(20-4-2)22-13-15-6-8-16(9-7-15)17(19)24/h6-9,14,23H,3-5,10-13H2,1-2H3,(H2,19,24)(H2,20,21,22). The molecule has 6 nitrogen and oxygen atoms in total. The summed E-state index contributed by atoms with van der Waals surface area (Å²) in [5.41, 5.74) is 6.75. The zero-order chi connectivity index (χ0) is 17.8. The van der Waals surface area contributed by atoms with Gasteiger partial charge in [0, 0.05) is 25.3 Å². The number of aliphatic hydroxyl groups excluding tert-OH is 1. The maximum absolute atomic E-state index is 11.1. The molecule has 0 saturated heterocycles. The zero-order valence-electron chi connectivity index (χ0n) is 14.7. The maximum atomic E-state index is 11.1. The summed E-state index contributed by atoms with van der Waals surface area (Å²) in [6, 6.07) is 7.15. The Morgan fingerprint density at radius 2 is 1.92 bits per heavy atom. The lowest BCUT2D eigenvalue weighted by Gasteiger charge is -2.18. The van der Waals surface area contributed by atoms with Gasteiger partial charge in [-0.25, -0.2) is 4.99 Å². The van der Waals surface area contributed by atoms with Crippen LogP contribution >= 0.6 is 0 Å². The van der Waals surface area contributed by atoms with E-state index in [0.717, 1.165) is 43.9 Å². The molecule has 1 aromatic carbocycles. The summed E-state index contributed by atoms with van der Waals surface area (Å²) in [6.07, 6.45) is 2.99. The van der Waals surface area contributed by atoms with Gasteiger partial charge in [-0.05, 0) is 43.4 Å². The molecule has 0 aliphatic rings. The third-order valence-electron chi connectivity index (χ3n) is 3.79. The summed E-state index contributed by atoms with van der Waals surface area (Å²) in [4.78, 5) is 15.6. The highest BCUT2D eigenvalue weighted by atomic mass is 16.3. The van der Waals surface area contributed by atoms with Crippen molar-refractivity contribution in [3.05, 3.63) is 35.4 Å². The van der Waals surface area contributed by atoms with Gasteiger partial charge in [0.05, 0.1) is 6.54 Å². The van der Waals surface area contributed by atoms with Crippen molar-refractivity contribution >= 4 is 11.9 Å². The maximum Gasteiger partial charge on any atom is 0.248 e. The van der Waals surface area contributed by atoms with E-state index in [1.807, 2.05) is 19.1 Å². The number of benzene rings is 1. The number of rotatable bonds is 10. The smallest absolute Gasteiger partial charge is 0.248 e. The van der Waals surface area contributed by atoms with E-state index in [1.165, 1.54) is 0 Å². The molecule has 0 saturated carbocycles. The summed E-state index contributed by atoms with van der Waals surface area (Å²) in [5.74, 6) is 0.778. The molecule has 0 aliphatic heterocycles. The number of nitrogens with one attached hydrogen (secondary N) is 2. The van der Waals surface area contributed by atoms with Crippen molar-refractivity contribution in [3.8, 4) is 0 Å². The average Bonchev–Trinajstić information content (AvgIpc) is 2.58. The van der Waals surface area contributed by atoms with Gasteiger partial charge in [0.1, 0.15) is 0 Å². The van der Waals surface area contributed by atoms with E-state index < -0.39 is 5.91 Å². The molecule has 0 bridgehead atoms. The second-order valence-electron chi connectivity index (χ2n) is 5.80. The first kappa shape index (κ1) is 20.0. The van der Waals surface area contributed by atoms with Crippen LogP contribution in [0.2, 0.25) is 0 Å². The van der Waals surface area contributed by atoms with Crippen molar-refractivity contribution in [1.82, 2.24) is 10.6 Å². The number of nitrogens with zero attached hydrogens (tertiary/aromatic N) is 1. The summed E-state index contributed by atoms with van der Waals surface area (Å²) < 4.78 is 0. The Bertz CT molecular complexity index is 508. The van der Waals surface area contributed by atoms with Gasteiger partial charge in [0.15, 0.2) is 5.96 Å². The molecule has 0 spiro atoms. The van der Waals surface area contributed by atoms with Crippen molar-refractivity contribution in [2.45, 2.75) is 39.7 Å². The number of nitrogens with two attached hydrogens (primary N) is 1. The SMILES string of the molecule is CCCC(CCO)CNC(=NCc1ccc(C(N)=O)cc1)NCC.